The molecule has 0 heterocycles. The van der Waals surface area contributed by atoms with Crippen LogP contribution in [0.4, 0.5) is 5.69 Å². The van der Waals surface area contributed by atoms with E-state index < -0.39 is 28.7 Å². The van der Waals surface area contributed by atoms with Gasteiger partial charge in [0.25, 0.3) is 0 Å². The predicted octanol–water partition coefficient (Wildman–Crippen LogP) is 3.94. The Bertz CT molecular complexity index is 1110. The summed E-state index contributed by atoms with van der Waals surface area (Å²) in [6.45, 7) is 3.67. The van der Waals surface area contributed by atoms with Crippen molar-refractivity contribution >= 4 is 50.9 Å². The first-order valence-corrected chi connectivity index (χ1v) is 13.4. The van der Waals surface area contributed by atoms with Crippen LogP contribution in [-0.2, 0) is 26.3 Å². The molecule has 2 rings (SSSR count). The van der Waals surface area contributed by atoms with Crippen molar-refractivity contribution in [1.29, 1.82) is 0 Å². The molecule has 2 aromatic rings. The highest BCUT2D eigenvalue weighted by atomic mass is 35.5. The molecule has 0 spiro atoms. The minimum atomic E-state index is -3.99. The summed E-state index contributed by atoms with van der Waals surface area (Å²) in [5, 5.41) is 3.52. The van der Waals surface area contributed by atoms with Crippen LogP contribution in [0.15, 0.2) is 48.5 Å². The molecule has 0 saturated carbocycles. The second-order valence-corrected chi connectivity index (χ2v) is 11.1. The number of rotatable bonds is 12. The van der Waals surface area contributed by atoms with Gasteiger partial charge in [-0.2, -0.15) is 12.7 Å². The number of hydrogen-bond acceptors (Lipinski definition) is 4. The third-order valence-corrected chi connectivity index (χ3v) is 7.96. The van der Waals surface area contributed by atoms with Crippen LogP contribution < -0.4 is 9.62 Å². The van der Waals surface area contributed by atoms with Gasteiger partial charge >= 0.3 is 10.2 Å². The van der Waals surface area contributed by atoms with E-state index in [1.165, 1.54) is 19.0 Å². The number of benzene rings is 2. The zero-order valence-electron chi connectivity index (χ0n) is 20.4. The van der Waals surface area contributed by atoms with Gasteiger partial charge in [0.2, 0.25) is 11.8 Å². The second kappa shape index (κ2) is 13.1. The number of nitrogens with zero attached hydrogens (tertiary/aromatic N) is 3. The Morgan fingerprint density at radius 1 is 1.03 bits per heavy atom. The Labute approximate surface area is 218 Å². The fourth-order valence-corrected chi connectivity index (χ4v) is 4.64. The molecule has 0 bridgehead atoms. The number of para-hydroxylation sites is 1. The number of unbranched alkanes of at least 4 members (excludes halogenated alkanes) is 1. The van der Waals surface area contributed by atoms with Gasteiger partial charge in [-0.3, -0.25) is 9.59 Å². The number of anilines is 1. The molecular formula is C24H32Cl2N4O4S. The lowest BCUT2D eigenvalue weighted by Gasteiger charge is -2.32. The molecule has 1 unspecified atom stereocenters. The molecule has 192 valence electrons. The monoisotopic (exact) mass is 542 g/mol. The van der Waals surface area contributed by atoms with Crippen molar-refractivity contribution < 1.29 is 18.0 Å². The molecule has 0 aliphatic rings. The highest BCUT2D eigenvalue weighted by molar-refractivity contribution is 7.90. The molecule has 0 aliphatic carbocycles. The maximum absolute atomic E-state index is 13.6. The van der Waals surface area contributed by atoms with Crippen molar-refractivity contribution in [1.82, 2.24) is 14.5 Å². The van der Waals surface area contributed by atoms with Crippen LogP contribution in [0.25, 0.3) is 0 Å². The van der Waals surface area contributed by atoms with Crippen LogP contribution >= 0.6 is 23.2 Å². The largest absolute Gasteiger partial charge is 0.354 e. The summed E-state index contributed by atoms with van der Waals surface area (Å²) in [7, 11) is -1.20. The van der Waals surface area contributed by atoms with Gasteiger partial charge < -0.3 is 10.2 Å². The molecule has 1 N–H and O–H groups in total. The molecule has 8 nitrogen and oxygen atoms in total. The summed E-state index contributed by atoms with van der Waals surface area (Å²) >= 11 is 12.2. The van der Waals surface area contributed by atoms with E-state index in [0.29, 0.717) is 27.8 Å². The number of carbonyl (C=O) groups excluding carboxylic acids is 2. The van der Waals surface area contributed by atoms with Gasteiger partial charge in [0.15, 0.2) is 0 Å². The van der Waals surface area contributed by atoms with Crippen molar-refractivity contribution in [3.05, 3.63) is 64.1 Å². The Hall–Kier alpha value is -2.33. The second-order valence-electron chi connectivity index (χ2n) is 8.22. The number of hydrogen-bond donors (Lipinski definition) is 1. The fourth-order valence-electron chi connectivity index (χ4n) is 3.26. The van der Waals surface area contributed by atoms with Crippen LogP contribution in [0.5, 0.6) is 0 Å². The molecule has 0 radical (unpaired) electrons. The first-order valence-electron chi connectivity index (χ1n) is 11.2. The normalized spacial score (nSPS) is 12.3. The van der Waals surface area contributed by atoms with Gasteiger partial charge in [0.05, 0.1) is 15.7 Å². The quantitative estimate of drug-likeness (QED) is 0.411. The van der Waals surface area contributed by atoms with E-state index >= 15 is 0 Å². The summed E-state index contributed by atoms with van der Waals surface area (Å²) in [6.07, 6.45) is 1.72. The Kier molecular flexibility index (Phi) is 10.8. The van der Waals surface area contributed by atoms with E-state index in [0.717, 1.165) is 21.5 Å². The minimum absolute atomic E-state index is 0.0444. The molecule has 35 heavy (non-hydrogen) atoms. The number of carbonyl (C=O) groups is 2. The lowest BCUT2D eigenvalue weighted by atomic mass is 10.1. The van der Waals surface area contributed by atoms with Crippen LogP contribution in [0.2, 0.25) is 10.0 Å². The standard InChI is InChI=1S/C24H32Cl2N4O4S/c1-5-6-14-27-24(32)18(2)29(16-19-12-13-21(25)22(26)15-19)23(31)17-30(35(33,34)28(3)4)20-10-8-7-9-11-20/h7-13,15,18H,5-6,14,16-17H2,1-4H3,(H,27,32). The number of amides is 2. The zero-order valence-corrected chi connectivity index (χ0v) is 22.7. The zero-order chi connectivity index (χ0) is 26.2. The average molecular weight is 544 g/mol. The molecule has 1 atom stereocenters. The topological polar surface area (TPSA) is 90.0 Å². The number of nitrogens with one attached hydrogen (secondary N) is 1. The average Bonchev–Trinajstić information content (AvgIpc) is 2.83. The smallest absolute Gasteiger partial charge is 0.304 e. The summed E-state index contributed by atoms with van der Waals surface area (Å²) in [5.41, 5.74) is 0.992. The first kappa shape index (κ1) is 28.9. The van der Waals surface area contributed by atoms with Crippen molar-refractivity contribution in [3.63, 3.8) is 0 Å². The van der Waals surface area contributed by atoms with Gasteiger partial charge in [0, 0.05) is 27.2 Å². The van der Waals surface area contributed by atoms with Crippen molar-refractivity contribution in [2.45, 2.75) is 39.3 Å². The SMILES string of the molecule is CCCCNC(=O)C(C)N(Cc1ccc(Cl)c(Cl)c1)C(=O)CN(c1ccccc1)S(=O)(=O)N(C)C. The van der Waals surface area contributed by atoms with Crippen LogP contribution in [0.3, 0.4) is 0 Å². The molecule has 2 aromatic carbocycles. The fraction of sp³-hybridized carbons (Fsp3) is 0.417. The molecule has 0 saturated heterocycles. The molecular weight excluding hydrogens is 511 g/mol. The third-order valence-electron chi connectivity index (χ3n) is 5.40. The molecule has 0 fully saturated rings. The molecule has 0 aromatic heterocycles. The van der Waals surface area contributed by atoms with Crippen molar-refractivity contribution in [2.75, 3.05) is 31.5 Å². The minimum Gasteiger partial charge on any atom is -0.354 e. The van der Waals surface area contributed by atoms with Crippen LogP contribution in [0, 0.1) is 0 Å². The molecule has 11 heteroatoms. The van der Waals surface area contributed by atoms with Gasteiger partial charge in [-0.15, -0.1) is 0 Å². The van der Waals surface area contributed by atoms with Gasteiger partial charge in [-0.25, -0.2) is 4.31 Å². The maximum Gasteiger partial charge on any atom is 0.304 e. The highest BCUT2D eigenvalue weighted by Crippen LogP contribution is 2.24. The summed E-state index contributed by atoms with van der Waals surface area (Å²) in [5.74, 6) is -0.864. The van der Waals surface area contributed by atoms with E-state index in [2.05, 4.69) is 5.32 Å². The molecule has 0 aliphatic heterocycles. The third kappa shape index (κ3) is 7.83. The Morgan fingerprint density at radius 3 is 2.26 bits per heavy atom. The first-order chi connectivity index (χ1) is 16.5. The highest BCUT2D eigenvalue weighted by Gasteiger charge is 2.32. The summed E-state index contributed by atoms with van der Waals surface area (Å²) in [6, 6.07) is 12.4. The van der Waals surface area contributed by atoms with Gasteiger partial charge in [-0.05, 0) is 43.2 Å². The van der Waals surface area contributed by atoms with E-state index in [-0.39, 0.29) is 12.5 Å². The summed E-state index contributed by atoms with van der Waals surface area (Å²) in [4.78, 5) is 27.8. The molecule has 2 amide bonds. The van der Waals surface area contributed by atoms with Crippen LogP contribution in [0.1, 0.15) is 32.3 Å². The Balaban J connectivity index is 2.41. The van der Waals surface area contributed by atoms with E-state index in [4.69, 9.17) is 23.2 Å². The number of halogens is 2. The van der Waals surface area contributed by atoms with Crippen LogP contribution in [-0.4, -0.2) is 62.7 Å². The Morgan fingerprint density at radius 2 is 1.69 bits per heavy atom. The summed E-state index contributed by atoms with van der Waals surface area (Å²) < 4.78 is 28.2. The van der Waals surface area contributed by atoms with E-state index in [9.17, 15) is 18.0 Å². The van der Waals surface area contributed by atoms with Gasteiger partial charge in [0.1, 0.15) is 12.6 Å². The maximum atomic E-state index is 13.6. The predicted molar refractivity (Wildman–Crippen MR) is 141 cm³/mol. The van der Waals surface area contributed by atoms with E-state index in [1.807, 2.05) is 6.92 Å². The van der Waals surface area contributed by atoms with Gasteiger partial charge in [-0.1, -0.05) is 60.8 Å². The van der Waals surface area contributed by atoms with Crippen molar-refractivity contribution in [3.8, 4) is 0 Å². The lowest BCUT2D eigenvalue weighted by Crippen LogP contribution is -2.52. The van der Waals surface area contributed by atoms with Crippen molar-refractivity contribution in [2.24, 2.45) is 0 Å². The lowest BCUT2D eigenvalue weighted by molar-refractivity contribution is -0.139. The van der Waals surface area contributed by atoms with E-state index in [1.54, 1.807) is 55.5 Å².